The van der Waals surface area contributed by atoms with Gasteiger partial charge in [0.2, 0.25) is 0 Å². The molecule has 0 atom stereocenters. The Balaban J connectivity index is 1.79. The van der Waals surface area contributed by atoms with Gasteiger partial charge in [0.1, 0.15) is 0 Å². The summed E-state index contributed by atoms with van der Waals surface area (Å²) in [7, 11) is 0. The van der Waals surface area contributed by atoms with Gasteiger partial charge in [0, 0.05) is 23.1 Å². The summed E-state index contributed by atoms with van der Waals surface area (Å²) >= 11 is 0. The van der Waals surface area contributed by atoms with Gasteiger partial charge in [-0.05, 0) is 42.9 Å². The lowest BCUT2D eigenvalue weighted by Gasteiger charge is -2.14. The van der Waals surface area contributed by atoms with Crippen LogP contribution in [0.15, 0.2) is 84.4 Å². The highest BCUT2D eigenvalue weighted by Crippen LogP contribution is 2.32. The van der Waals surface area contributed by atoms with Crippen molar-refractivity contribution in [2.24, 2.45) is 0 Å². The summed E-state index contributed by atoms with van der Waals surface area (Å²) in [4.78, 5) is 26.5. The van der Waals surface area contributed by atoms with Gasteiger partial charge in [0.25, 0.3) is 0 Å². The lowest BCUT2D eigenvalue weighted by Crippen LogP contribution is -2.09. The smallest absolute Gasteiger partial charge is 0.189 e. The van der Waals surface area contributed by atoms with Crippen LogP contribution in [0.4, 0.5) is 0 Å². The molecule has 0 spiro atoms. The summed E-state index contributed by atoms with van der Waals surface area (Å²) in [6.07, 6.45) is 2.72. The number of hydrogen-bond acceptors (Lipinski definition) is 2. The highest BCUT2D eigenvalue weighted by atomic mass is 16.1. The quantitative estimate of drug-likeness (QED) is 0.305. The van der Waals surface area contributed by atoms with Crippen LogP contribution in [0.25, 0.3) is 5.57 Å². The second-order valence-electron chi connectivity index (χ2n) is 7.63. The van der Waals surface area contributed by atoms with Crippen molar-refractivity contribution in [2.45, 2.75) is 32.6 Å². The summed E-state index contributed by atoms with van der Waals surface area (Å²) in [6, 6.07) is 25.4. The van der Waals surface area contributed by atoms with Gasteiger partial charge in [-0.3, -0.25) is 9.59 Å². The van der Waals surface area contributed by atoms with E-state index in [0.717, 1.165) is 46.2 Å². The lowest BCUT2D eigenvalue weighted by molar-refractivity contribution is 0.0998. The fourth-order valence-electron chi connectivity index (χ4n) is 4.00. The average Bonchev–Trinajstić information content (AvgIpc) is 2.92. The van der Waals surface area contributed by atoms with E-state index in [0.29, 0.717) is 12.0 Å². The lowest BCUT2D eigenvalue weighted by atomic mass is 9.88. The molecule has 0 aromatic heterocycles. The monoisotopic (exact) mass is 380 g/mol. The molecule has 0 unspecified atom stereocenters. The average molecular weight is 380 g/mol. The third-order valence-electron chi connectivity index (χ3n) is 5.61. The van der Waals surface area contributed by atoms with Gasteiger partial charge in [-0.15, -0.1) is 0 Å². The Kier molecular flexibility index (Phi) is 5.53. The van der Waals surface area contributed by atoms with Gasteiger partial charge in [-0.25, -0.2) is 0 Å². The summed E-state index contributed by atoms with van der Waals surface area (Å²) in [6.45, 7) is 2.01. The first-order valence-electron chi connectivity index (χ1n) is 10.1. The molecule has 0 fully saturated rings. The second-order valence-corrected chi connectivity index (χ2v) is 7.63. The Bertz CT molecular complexity index is 1070. The predicted octanol–water partition coefficient (Wildman–Crippen LogP) is 6.24. The van der Waals surface area contributed by atoms with Crippen molar-refractivity contribution in [2.75, 3.05) is 0 Å². The van der Waals surface area contributed by atoms with E-state index >= 15 is 0 Å². The van der Waals surface area contributed by atoms with E-state index in [9.17, 15) is 9.59 Å². The Labute approximate surface area is 171 Å². The first-order valence-corrected chi connectivity index (χ1v) is 10.1. The molecule has 1 aliphatic carbocycles. The molecule has 0 bridgehead atoms. The van der Waals surface area contributed by atoms with Gasteiger partial charge >= 0.3 is 0 Å². The standard InChI is InChI=1S/C27H24O2/c1-19-14-16-22(17-15-19)26(28)18-25(21-8-3-2-4-9-21)24-13-7-11-20-10-5-6-12-23(20)27(24)29/h2-6,8-10,12,14-17H,7,11,13,18H2,1H3/b25-24-. The molecule has 2 nitrogen and oxygen atoms in total. The molecule has 1 aliphatic rings. The highest BCUT2D eigenvalue weighted by molar-refractivity contribution is 6.16. The van der Waals surface area contributed by atoms with Crippen molar-refractivity contribution in [3.05, 3.63) is 112 Å². The van der Waals surface area contributed by atoms with E-state index < -0.39 is 0 Å². The van der Waals surface area contributed by atoms with Crippen LogP contribution in [0.1, 0.15) is 56.7 Å². The van der Waals surface area contributed by atoms with Gasteiger partial charge in [-0.2, -0.15) is 0 Å². The van der Waals surface area contributed by atoms with E-state index in [1.54, 1.807) is 0 Å². The van der Waals surface area contributed by atoms with Crippen molar-refractivity contribution in [3.63, 3.8) is 0 Å². The summed E-state index contributed by atoms with van der Waals surface area (Å²) in [5.41, 5.74) is 6.28. The van der Waals surface area contributed by atoms with E-state index in [1.165, 1.54) is 0 Å². The summed E-state index contributed by atoms with van der Waals surface area (Å²) in [5, 5.41) is 0. The molecule has 29 heavy (non-hydrogen) atoms. The minimum atomic E-state index is 0.0432. The van der Waals surface area contributed by atoms with Crippen LogP contribution in [0.5, 0.6) is 0 Å². The molecule has 0 N–H and O–H groups in total. The molecule has 4 rings (SSSR count). The SMILES string of the molecule is Cc1ccc(C(=O)C/C(=C2\CCCc3ccccc3C2=O)c2ccccc2)cc1. The molecule has 144 valence electrons. The van der Waals surface area contributed by atoms with Gasteiger partial charge < -0.3 is 0 Å². The number of carbonyl (C=O) groups is 2. The fourth-order valence-corrected chi connectivity index (χ4v) is 4.00. The van der Waals surface area contributed by atoms with Crippen LogP contribution < -0.4 is 0 Å². The number of fused-ring (bicyclic) bond motifs is 1. The minimum Gasteiger partial charge on any atom is -0.294 e. The van der Waals surface area contributed by atoms with E-state index in [-0.39, 0.29) is 18.0 Å². The maximum Gasteiger partial charge on any atom is 0.189 e. The number of benzene rings is 3. The fraction of sp³-hybridized carbons (Fsp3) is 0.185. The molecule has 0 aliphatic heterocycles. The van der Waals surface area contributed by atoms with Gasteiger partial charge in [0.05, 0.1) is 0 Å². The molecule has 3 aromatic rings. The molecule has 0 amide bonds. The topological polar surface area (TPSA) is 34.1 Å². The molecule has 3 aromatic carbocycles. The van der Waals surface area contributed by atoms with Crippen molar-refractivity contribution in [3.8, 4) is 0 Å². The predicted molar refractivity (Wildman–Crippen MR) is 117 cm³/mol. The third kappa shape index (κ3) is 4.12. The molecule has 0 heterocycles. The number of allylic oxidation sites excluding steroid dienone is 2. The van der Waals surface area contributed by atoms with E-state index in [4.69, 9.17) is 0 Å². The van der Waals surface area contributed by atoms with Crippen LogP contribution in [0, 0.1) is 6.92 Å². The number of ketones is 2. The molecule has 2 heteroatoms. The molecular formula is C27H24O2. The zero-order chi connectivity index (χ0) is 20.2. The number of aryl methyl sites for hydroxylation is 2. The van der Waals surface area contributed by atoms with Crippen molar-refractivity contribution in [1.29, 1.82) is 0 Å². The minimum absolute atomic E-state index is 0.0432. The Morgan fingerprint density at radius 3 is 2.24 bits per heavy atom. The Morgan fingerprint density at radius 2 is 1.48 bits per heavy atom. The largest absolute Gasteiger partial charge is 0.294 e. The Hall–Kier alpha value is -3.26. The zero-order valence-corrected chi connectivity index (χ0v) is 16.7. The highest BCUT2D eigenvalue weighted by Gasteiger charge is 2.24. The molecule has 0 saturated carbocycles. The summed E-state index contributed by atoms with van der Waals surface area (Å²) in [5.74, 6) is 0.107. The zero-order valence-electron chi connectivity index (χ0n) is 16.7. The number of rotatable bonds is 4. The third-order valence-corrected chi connectivity index (χ3v) is 5.61. The van der Waals surface area contributed by atoms with Gasteiger partial charge in [0.15, 0.2) is 11.6 Å². The number of Topliss-reactive ketones (excluding diaryl/α,β-unsaturated/α-hetero) is 2. The maximum absolute atomic E-state index is 13.4. The van der Waals surface area contributed by atoms with Crippen LogP contribution >= 0.6 is 0 Å². The van der Waals surface area contributed by atoms with E-state index in [2.05, 4.69) is 0 Å². The molecule has 0 saturated heterocycles. The first-order chi connectivity index (χ1) is 14.1. The number of hydrogen-bond donors (Lipinski definition) is 0. The maximum atomic E-state index is 13.4. The van der Waals surface area contributed by atoms with Gasteiger partial charge in [-0.1, -0.05) is 84.4 Å². The Morgan fingerprint density at radius 1 is 0.793 bits per heavy atom. The van der Waals surface area contributed by atoms with Crippen LogP contribution in [-0.2, 0) is 6.42 Å². The van der Waals surface area contributed by atoms with Crippen molar-refractivity contribution < 1.29 is 9.59 Å². The van der Waals surface area contributed by atoms with Crippen LogP contribution in [-0.4, -0.2) is 11.6 Å². The molecule has 0 radical (unpaired) electrons. The molecular weight excluding hydrogens is 356 g/mol. The normalized spacial score (nSPS) is 15.4. The number of carbonyl (C=O) groups excluding carboxylic acids is 2. The first kappa shape index (κ1) is 19.1. The second kappa shape index (κ2) is 8.40. The van der Waals surface area contributed by atoms with Crippen molar-refractivity contribution in [1.82, 2.24) is 0 Å². The van der Waals surface area contributed by atoms with E-state index in [1.807, 2.05) is 85.8 Å². The van der Waals surface area contributed by atoms with Crippen LogP contribution in [0.3, 0.4) is 0 Å². The summed E-state index contributed by atoms with van der Waals surface area (Å²) < 4.78 is 0. The van der Waals surface area contributed by atoms with Crippen LogP contribution in [0.2, 0.25) is 0 Å². The van der Waals surface area contributed by atoms with Crippen molar-refractivity contribution >= 4 is 17.1 Å².